The van der Waals surface area contributed by atoms with Crippen molar-refractivity contribution in [3.05, 3.63) is 48.6 Å². The fraction of sp³-hybridized carbons (Fsp3) is 0.848. The maximum absolute atomic E-state index is 13.5. The molecule has 0 aliphatic heterocycles. The first-order chi connectivity index (χ1) is 36.9. The van der Waals surface area contributed by atoms with Gasteiger partial charge in [0.25, 0.3) is 7.82 Å². The summed E-state index contributed by atoms with van der Waals surface area (Å²) in [6, 6.07) is -0.891. The molecule has 1 N–H and O–H groups in total. The molecule has 0 heterocycles. The van der Waals surface area contributed by atoms with Crippen molar-refractivity contribution >= 4 is 19.7 Å². The molecule has 446 valence electrons. The van der Waals surface area contributed by atoms with Gasteiger partial charge >= 0.3 is 5.97 Å². The van der Waals surface area contributed by atoms with Gasteiger partial charge < -0.3 is 28.5 Å². The summed E-state index contributed by atoms with van der Waals surface area (Å²) < 4.78 is 30.4. The second-order valence-electron chi connectivity index (χ2n) is 23.3. The molecule has 0 aliphatic carbocycles. The van der Waals surface area contributed by atoms with Gasteiger partial charge in [-0.25, -0.2) is 0 Å². The molecule has 0 rings (SSSR count). The normalized spacial score (nSPS) is 13.9. The van der Waals surface area contributed by atoms with E-state index < -0.39 is 20.0 Å². The van der Waals surface area contributed by atoms with Crippen LogP contribution in [0.25, 0.3) is 0 Å². The van der Waals surface area contributed by atoms with Crippen molar-refractivity contribution in [3.8, 4) is 0 Å². The van der Waals surface area contributed by atoms with Crippen LogP contribution in [-0.4, -0.2) is 69.4 Å². The number of allylic oxidation sites excluding steroid dienone is 7. The fourth-order valence-electron chi connectivity index (χ4n) is 9.47. The number of carbonyl (C=O) groups is 2. The molecule has 0 aromatic rings. The molecular weight excluding hydrogens is 964 g/mol. The van der Waals surface area contributed by atoms with Crippen molar-refractivity contribution in [1.82, 2.24) is 5.32 Å². The molecule has 0 aliphatic rings. The molecule has 0 bridgehead atoms. The van der Waals surface area contributed by atoms with Crippen molar-refractivity contribution < 1.29 is 37.3 Å². The zero-order valence-electron chi connectivity index (χ0n) is 51.0. The van der Waals surface area contributed by atoms with E-state index >= 15 is 0 Å². The van der Waals surface area contributed by atoms with Crippen LogP contribution in [-0.2, 0) is 27.9 Å². The van der Waals surface area contributed by atoms with Crippen LogP contribution in [0, 0.1) is 0 Å². The zero-order valence-corrected chi connectivity index (χ0v) is 51.9. The van der Waals surface area contributed by atoms with Crippen LogP contribution < -0.4 is 10.2 Å². The van der Waals surface area contributed by atoms with Gasteiger partial charge in [-0.2, -0.15) is 0 Å². The van der Waals surface area contributed by atoms with Gasteiger partial charge in [-0.05, 0) is 70.3 Å². The highest BCUT2D eigenvalue weighted by Gasteiger charge is 2.27. The Balaban J connectivity index is 5.21. The van der Waals surface area contributed by atoms with Gasteiger partial charge in [0.2, 0.25) is 5.91 Å². The van der Waals surface area contributed by atoms with Crippen molar-refractivity contribution in [2.75, 3.05) is 40.9 Å². The molecule has 76 heavy (non-hydrogen) atoms. The molecule has 0 fully saturated rings. The van der Waals surface area contributed by atoms with Crippen LogP contribution in [0.5, 0.6) is 0 Å². The number of nitrogens with zero attached hydrogens (tertiary/aromatic N) is 1. The van der Waals surface area contributed by atoms with Gasteiger partial charge in [0, 0.05) is 12.8 Å². The number of phosphoric acid groups is 1. The average molecular weight is 1090 g/mol. The van der Waals surface area contributed by atoms with E-state index in [1.165, 1.54) is 193 Å². The maximum Gasteiger partial charge on any atom is 0.306 e. The second kappa shape index (κ2) is 56.3. The summed E-state index contributed by atoms with van der Waals surface area (Å²) in [5.74, 6) is -0.543. The van der Waals surface area contributed by atoms with Gasteiger partial charge in [0.1, 0.15) is 19.3 Å². The number of carbonyl (C=O) groups excluding carboxylic acids is 2. The van der Waals surface area contributed by atoms with Crippen molar-refractivity contribution in [2.45, 2.75) is 322 Å². The van der Waals surface area contributed by atoms with Crippen molar-refractivity contribution in [1.29, 1.82) is 0 Å². The van der Waals surface area contributed by atoms with E-state index in [0.29, 0.717) is 17.4 Å². The number of quaternary nitrogens is 1. The van der Waals surface area contributed by atoms with E-state index in [2.05, 4.69) is 62.5 Å². The summed E-state index contributed by atoms with van der Waals surface area (Å²) in [6.07, 6.45) is 69.3. The third kappa shape index (κ3) is 56.7. The molecule has 0 radical (unpaired) electrons. The Morgan fingerprint density at radius 1 is 0.461 bits per heavy atom. The number of phosphoric ester groups is 1. The smallest absolute Gasteiger partial charge is 0.306 e. The summed E-state index contributed by atoms with van der Waals surface area (Å²) in [5, 5.41) is 3.04. The fourth-order valence-corrected chi connectivity index (χ4v) is 10.2. The molecule has 1 amide bonds. The zero-order chi connectivity index (χ0) is 55.7. The Morgan fingerprint density at radius 2 is 0.803 bits per heavy atom. The highest BCUT2D eigenvalue weighted by molar-refractivity contribution is 7.45. The maximum atomic E-state index is 13.5. The Labute approximate surface area is 471 Å². The largest absolute Gasteiger partial charge is 0.756 e. The van der Waals surface area contributed by atoms with Crippen molar-refractivity contribution in [3.63, 3.8) is 0 Å². The van der Waals surface area contributed by atoms with Crippen LogP contribution in [0.15, 0.2) is 48.6 Å². The van der Waals surface area contributed by atoms with Gasteiger partial charge in [-0.1, -0.05) is 275 Å². The van der Waals surface area contributed by atoms with E-state index in [1.807, 2.05) is 33.3 Å². The minimum absolute atomic E-state index is 0.0233. The Morgan fingerprint density at radius 3 is 1.22 bits per heavy atom. The summed E-state index contributed by atoms with van der Waals surface area (Å²) in [4.78, 5) is 40.0. The van der Waals surface area contributed by atoms with Gasteiger partial charge in [0.05, 0.1) is 33.8 Å². The lowest BCUT2D eigenvalue weighted by Gasteiger charge is -2.30. The molecule has 9 nitrogen and oxygen atoms in total. The summed E-state index contributed by atoms with van der Waals surface area (Å²) in [6.45, 7) is 6.84. The molecule has 0 aromatic heterocycles. The van der Waals surface area contributed by atoms with Crippen LogP contribution in [0.2, 0.25) is 0 Å². The first kappa shape index (κ1) is 74.0. The van der Waals surface area contributed by atoms with Crippen LogP contribution >= 0.6 is 7.82 Å². The number of rotatable bonds is 59. The minimum atomic E-state index is -4.70. The van der Waals surface area contributed by atoms with Gasteiger partial charge in [0.15, 0.2) is 0 Å². The lowest BCUT2D eigenvalue weighted by Crippen LogP contribution is -2.47. The lowest BCUT2D eigenvalue weighted by molar-refractivity contribution is -0.870. The van der Waals surface area contributed by atoms with Crippen LogP contribution in [0.1, 0.15) is 310 Å². The standard InChI is InChI=1S/C66H125N2O7P/c1-7-10-13-16-19-22-25-28-30-32-34-36-38-40-43-46-49-52-55-58-65(69)67-63(62-74-76(71,72)73-61-60-68(4,5)6)64(57-54-51-48-45-42-27-24-21-18-15-12-9-3)75-66(70)59-56-53-50-47-44-41-39-37-35-33-31-29-26-23-20-17-14-11-8-2/h20,23,29,31,35,37,54,57,63-64H,7-19,21-22,24-28,30,32-34,36,38-53,55-56,58-62H2,1-6H3,(H-,67,69,71,72)/b23-20-,31-29-,37-35-,57-54+. The highest BCUT2D eigenvalue weighted by Crippen LogP contribution is 2.38. The first-order valence-electron chi connectivity index (χ1n) is 32.4. The number of likely N-dealkylation sites (N-methyl/N-ethyl adjacent to an activating group) is 1. The summed E-state index contributed by atoms with van der Waals surface area (Å²) >= 11 is 0. The summed E-state index contributed by atoms with van der Waals surface area (Å²) in [5.41, 5.74) is 0. The van der Waals surface area contributed by atoms with Crippen molar-refractivity contribution in [2.24, 2.45) is 0 Å². The Bertz CT molecular complexity index is 1440. The van der Waals surface area contributed by atoms with Gasteiger partial charge in [-0.3, -0.25) is 14.2 Å². The molecule has 0 aromatic carbocycles. The van der Waals surface area contributed by atoms with E-state index in [-0.39, 0.29) is 31.5 Å². The molecule has 3 atom stereocenters. The first-order valence-corrected chi connectivity index (χ1v) is 33.9. The Hall–Kier alpha value is -2.03. The van der Waals surface area contributed by atoms with E-state index in [1.54, 1.807) is 0 Å². The van der Waals surface area contributed by atoms with Crippen LogP contribution in [0.3, 0.4) is 0 Å². The number of hydrogen-bond donors (Lipinski definition) is 1. The predicted octanol–water partition coefficient (Wildman–Crippen LogP) is 19.4. The van der Waals surface area contributed by atoms with E-state index in [0.717, 1.165) is 83.5 Å². The number of amides is 1. The Kier molecular flexibility index (Phi) is 54.7. The number of nitrogens with one attached hydrogen (secondary N) is 1. The summed E-state index contributed by atoms with van der Waals surface area (Å²) in [7, 11) is 1.19. The molecule has 0 spiro atoms. The predicted molar refractivity (Wildman–Crippen MR) is 326 cm³/mol. The number of ether oxygens (including phenoxy) is 1. The molecule has 10 heteroatoms. The van der Waals surface area contributed by atoms with E-state index in [4.69, 9.17) is 13.8 Å². The topological polar surface area (TPSA) is 114 Å². The number of unbranched alkanes of at least 4 members (excludes halogenated alkanes) is 37. The highest BCUT2D eigenvalue weighted by atomic mass is 31.2. The number of hydrogen-bond acceptors (Lipinski definition) is 7. The SMILES string of the molecule is CCCCC/C=C\C/C=C\C/C=C\CCCCCCCCC(=O)OC(/C=C/CCCCCCCCCCCC)C(COP(=O)([O-])OCC[N+](C)(C)C)NC(=O)CCCCCCCCCCCCCCCCCCCCC. The van der Waals surface area contributed by atoms with Crippen LogP contribution in [0.4, 0.5) is 0 Å². The second-order valence-corrected chi connectivity index (χ2v) is 24.7. The van der Waals surface area contributed by atoms with E-state index in [9.17, 15) is 19.0 Å². The molecular formula is C66H125N2O7P. The lowest BCUT2D eigenvalue weighted by atomic mass is 10.0. The quantitative estimate of drug-likeness (QED) is 0.0212. The molecule has 0 saturated heterocycles. The van der Waals surface area contributed by atoms with Gasteiger partial charge in [-0.15, -0.1) is 0 Å². The average Bonchev–Trinajstić information content (AvgIpc) is 3.38. The third-order valence-electron chi connectivity index (χ3n) is 14.5. The molecule has 0 saturated carbocycles. The minimum Gasteiger partial charge on any atom is -0.756 e. The molecule has 3 unspecified atom stereocenters. The monoisotopic (exact) mass is 1090 g/mol. The third-order valence-corrected chi connectivity index (χ3v) is 15.5. The number of esters is 1.